The van der Waals surface area contributed by atoms with Gasteiger partial charge in [0, 0.05) is 11.6 Å². The second kappa shape index (κ2) is 4.29. The summed E-state index contributed by atoms with van der Waals surface area (Å²) in [5.41, 5.74) is -0.706. The average molecular weight is 254 g/mol. The minimum atomic E-state index is -4.63. The maximum Gasteiger partial charge on any atom is 0.433 e. The van der Waals surface area contributed by atoms with E-state index >= 15 is 0 Å². The fraction of sp³-hybridized carbons (Fsp3) is 0.167. The molecule has 1 aromatic heterocycles. The highest BCUT2D eigenvalue weighted by atomic mass is 19.4. The van der Waals surface area contributed by atoms with Gasteiger partial charge in [-0.2, -0.15) is 13.2 Å². The fourth-order valence-corrected chi connectivity index (χ4v) is 1.53. The largest absolute Gasteiger partial charge is 0.433 e. The minimum absolute atomic E-state index is 0.0847. The first-order valence-corrected chi connectivity index (χ1v) is 5.12. The van der Waals surface area contributed by atoms with E-state index in [-0.39, 0.29) is 5.82 Å². The predicted molar refractivity (Wildman–Crippen MR) is 60.0 cm³/mol. The topological polar surface area (TPSA) is 45.8 Å². The summed E-state index contributed by atoms with van der Waals surface area (Å²) in [6, 6.07) is 7.17. The number of benzene rings is 1. The van der Waals surface area contributed by atoms with E-state index in [1.807, 2.05) is 0 Å². The third-order valence-electron chi connectivity index (χ3n) is 2.32. The van der Waals surface area contributed by atoms with Gasteiger partial charge in [-0.05, 0) is 13.0 Å². The number of hydrogen-bond donors (Lipinski definition) is 1. The summed E-state index contributed by atoms with van der Waals surface area (Å²) in [5.74, 6) is -0.0847. The molecule has 94 valence electrons. The standard InChI is InChI=1S/C12H9F3N2O/c1-7-3-2-4-8(5-7)11-16-9(12(13,14)15)6-10(18)17-11/h2-6H,1H3,(H,16,17,18). The zero-order chi connectivity index (χ0) is 13.3. The number of rotatable bonds is 1. The van der Waals surface area contributed by atoms with E-state index in [4.69, 9.17) is 0 Å². The lowest BCUT2D eigenvalue weighted by atomic mass is 10.1. The van der Waals surface area contributed by atoms with Crippen LogP contribution in [-0.4, -0.2) is 9.97 Å². The molecule has 0 bridgehead atoms. The average Bonchev–Trinajstić information content (AvgIpc) is 2.27. The summed E-state index contributed by atoms with van der Waals surface area (Å²) < 4.78 is 37.6. The maximum absolute atomic E-state index is 12.5. The van der Waals surface area contributed by atoms with Crippen molar-refractivity contribution in [2.24, 2.45) is 0 Å². The molecule has 2 aromatic rings. The lowest BCUT2D eigenvalue weighted by Gasteiger charge is -2.07. The Labute approximate surface area is 100 Å². The predicted octanol–water partition coefficient (Wildman–Crippen LogP) is 2.76. The van der Waals surface area contributed by atoms with Crippen LogP contribution in [0.3, 0.4) is 0 Å². The monoisotopic (exact) mass is 254 g/mol. The van der Waals surface area contributed by atoms with Crippen molar-refractivity contribution in [1.29, 1.82) is 0 Å². The van der Waals surface area contributed by atoms with Crippen molar-refractivity contribution in [3.63, 3.8) is 0 Å². The molecule has 1 aromatic carbocycles. The lowest BCUT2D eigenvalue weighted by Crippen LogP contribution is -2.16. The van der Waals surface area contributed by atoms with Crippen molar-refractivity contribution in [3.8, 4) is 11.4 Å². The van der Waals surface area contributed by atoms with Gasteiger partial charge in [0.25, 0.3) is 5.56 Å². The summed E-state index contributed by atoms with van der Waals surface area (Å²) >= 11 is 0. The number of H-pyrrole nitrogens is 1. The van der Waals surface area contributed by atoms with Gasteiger partial charge in [-0.15, -0.1) is 0 Å². The Hall–Kier alpha value is -2.11. The first kappa shape index (κ1) is 12.3. The molecule has 1 N–H and O–H groups in total. The van der Waals surface area contributed by atoms with Crippen molar-refractivity contribution in [2.75, 3.05) is 0 Å². The molecule has 0 saturated carbocycles. The second-order valence-corrected chi connectivity index (χ2v) is 3.85. The number of nitrogens with zero attached hydrogens (tertiary/aromatic N) is 1. The van der Waals surface area contributed by atoms with Crippen LogP contribution in [0.25, 0.3) is 11.4 Å². The van der Waals surface area contributed by atoms with E-state index in [9.17, 15) is 18.0 Å². The third kappa shape index (κ3) is 2.58. The van der Waals surface area contributed by atoms with Crippen molar-refractivity contribution in [2.45, 2.75) is 13.1 Å². The van der Waals surface area contributed by atoms with Crippen LogP contribution in [0.15, 0.2) is 35.1 Å². The molecule has 0 aliphatic carbocycles. The number of aromatic amines is 1. The highest BCUT2D eigenvalue weighted by molar-refractivity contribution is 5.55. The van der Waals surface area contributed by atoms with Gasteiger partial charge in [0.15, 0.2) is 5.69 Å². The lowest BCUT2D eigenvalue weighted by molar-refractivity contribution is -0.141. The summed E-state index contributed by atoms with van der Waals surface area (Å²) in [6.45, 7) is 1.80. The van der Waals surface area contributed by atoms with E-state index in [1.54, 1.807) is 31.2 Å². The third-order valence-corrected chi connectivity index (χ3v) is 2.32. The quantitative estimate of drug-likeness (QED) is 0.850. The van der Waals surface area contributed by atoms with Gasteiger partial charge in [0.05, 0.1) is 0 Å². The van der Waals surface area contributed by atoms with Gasteiger partial charge >= 0.3 is 6.18 Å². The van der Waals surface area contributed by atoms with Crippen molar-refractivity contribution in [3.05, 3.63) is 51.9 Å². The molecular formula is C12H9F3N2O. The molecule has 0 radical (unpaired) electrons. The summed E-state index contributed by atoms with van der Waals surface area (Å²) in [7, 11) is 0. The van der Waals surface area contributed by atoms with Crippen LogP contribution in [0.2, 0.25) is 0 Å². The van der Waals surface area contributed by atoms with E-state index in [0.717, 1.165) is 5.56 Å². The van der Waals surface area contributed by atoms with E-state index in [1.165, 1.54) is 0 Å². The summed E-state index contributed by atoms with van der Waals surface area (Å²) in [5, 5.41) is 0. The Morgan fingerprint density at radius 1 is 1.22 bits per heavy atom. The molecule has 0 spiro atoms. The van der Waals surface area contributed by atoms with Crippen LogP contribution in [0.5, 0.6) is 0 Å². The van der Waals surface area contributed by atoms with Crippen LogP contribution < -0.4 is 5.56 Å². The number of alkyl halides is 3. The fourth-order valence-electron chi connectivity index (χ4n) is 1.53. The molecule has 0 aliphatic rings. The number of aryl methyl sites for hydroxylation is 1. The highest BCUT2D eigenvalue weighted by Gasteiger charge is 2.33. The first-order valence-electron chi connectivity index (χ1n) is 5.12. The van der Waals surface area contributed by atoms with Crippen LogP contribution in [0, 0.1) is 6.92 Å². The Morgan fingerprint density at radius 3 is 2.56 bits per heavy atom. The zero-order valence-electron chi connectivity index (χ0n) is 9.38. The number of halogens is 3. The van der Waals surface area contributed by atoms with Gasteiger partial charge in [0.2, 0.25) is 0 Å². The van der Waals surface area contributed by atoms with Crippen LogP contribution in [-0.2, 0) is 6.18 Å². The SMILES string of the molecule is Cc1cccc(-c2nc(C(F)(F)F)cc(=O)[nH]2)c1. The maximum atomic E-state index is 12.5. The van der Waals surface area contributed by atoms with Crippen molar-refractivity contribution in [1.82, 2.24) is 9.97 Å². The molecule has 3 nitrogen and oxygen atoms in total. The van der Waals surface area contributed by atoms with Gasteiger partial charge in [-0.25, -0.2) is 4.98 Å². The van der Waals surface area contributed by atoms with Crippen molar-refractivity contribution < 1.29 is 13.2 Å². The first-order chi connectivity index (χ1) is 8.36. The molecule has 0 unspecified atom stereocenters. The number of hydrogen-bond acceptors (Lipinski definition) is 2. The van der Waals surface area contributed by atoms with Crippen LogP contribution in [0.4, 0.5) is 13.2 Å². The van der Waals surface area contributed by atoms with E-state index in [2.05, 4.69) is 9.97 Å². The normalized spacial score (nSPS) is 11.6. The summed E-state index contributed by atoms with van der Waals surface area (Å²) in [4.78, 5) is 17.0. The smallest absolute Gasteiger partial charge is 0.307 e. The minimum Gasteiger partial charge on any atom is -0.307 e. The Kier molecular flexibility index (Phi) is 2.94. The molecule has 0 aliphatic heterocycles. The zero-order valence-corrected chi connectivity index (χ0v) is 9.38. The van der Waals surface area contributed by atoms with Gasteiger partial charge in [0.1, 0.15) is 5.82 Å². The molecule has 1 heterocycles. The summed E-state index contributed by atoms with van der Waals surface area (Å²) in [6.07, 6.45) is -4.63. The van der Waals surface area contributed by atoms with Gasteiger partial charge in [-0.1, -0.05) is 23.8 Å². The van der Waals surface area contributed by atoms with Crippen LogP contribution >= 0.6 is 0 Å². The molecule has 6 heteroatoms. The molecule has 0 atom stereocenters. The van der Waals surface area contributed by atoms with Crippen LogP contribution in [0.1, 0.15) is 11.3 Å². The molecule has 0 fully saturated rings. The highest BCUT2D eigenvalue weighted by Crippen LogP contribution is 2.27. The second-order valence-electron chi connectivity index (χ2n) is 3.85. The Morgan fingerprint density at radius 2 is 1.94 bits per heavy atom. The van der Waals surface area contributed by atoms with Gasteiger partial charge in [-0.3, -0.25) is 4.79 Å². The Balaban J connectivity index is 2.59. The molecule has 18 heavy (non-hydrogen) atoms. The number of aromatic nitrogens is 2. The molecular weight excluding hydrogens is 245 g/mol. The van der Waals surface area contributed by atoms with E-state index < -0.39 is 17.4 Å². The molecule has 0 saturated heterocycles. The molecule has 2 rings (SSSR count). The Bertz CT molecular complexity index is 632. The molecule has 0 amide bonds. The van der Waals surface area contributed by atoms with E-state index in [0.29, 0.717) is 11.6 Å². The van der Waals surface area contributed by atoms with Crippen molar-refractivity contribution >= 4 is 0 Å². The van der Waals surface area contributed by atoms with Gasteiger partial charge < -0.3 is 4.98 Å². The number of nitrogens with one attached hydrogen (secondary N) is 1.